The zero-order valence-electron chi connectivity index (χ0n) is 15.3. The SMILES string of the molecule is C[C@@H](C(=O)Nc1ccc2ccccc2c1)N1C(=O)c2cccc3cccc1c23. The Hall–Kier alpha value is -3.66. The second-order valence-electron chi connectivity index (χ2n) is 7.08. The molecule has 0 aliphatic carbocycles. The predicted octanol–water partition coefficient (Wildman–Crippen LogP) is 4.98. The van der Waals surface area contributed by atoms with E-state index in [9.17, 15) is 9.59 Å². The molecule has 28 heavy (non-hydrogen) atoms. The fourth-order valence-corrected chi connectivity index (χ4v) is 3.95. The first kappa shape index (κ1) is 16.5. The molecular weight excluding hydrogens is 348 g/mol. The quantitative estimate of drug-likeness (QED) is 0.556. The molecule has 2 amide bonds. The molecule has 0 unspecified atom stereocenters. The summed E-state index contributed by atoms with van der Waals surface area (Å²) in [5, 5.41) is 7.06. The van der Waals surface area contributed by atoms with Crippen LogP contribution < -0.4 is 10.2 Å². The van der Waals surface area contributed by atoms with Gasteiger partial charge >= 0.3 is 0 Å². The lowest BCUT2D eigenvalue weighted by atomic mass is 10.1. The van der Waals surface area contributed by atoms with Gasteiger partial charge in [0.15, 0.2) is 0 Å². The molecular formula is C24H18N2O2. The van der Waals surface area contributed by atoms with E-state index in [0.29, 0.717) is 5.56 Å². The van der Waals surface area contributed by atoms with E-state index in [1.807, 2.05) is 78.9 Å². The Kier molecular flexibility index (Phi) is 3.66. The second-order valence-corrected chi connectivity index (χ2v) is 7.08. The first-order chi connectivity index (χ1) is 13.6. The number of rotatable bonds is 3. The van der Waals surface area contributed by atoms with Crippen LogP contribution in [0.3, 0.4) is 0 Å². The average Bonchev–Trinajstić information content (AvgIpc) is 3.01. The summed E-state index contributed by atoms with van der Waals surface area (Å²) in [6.45, 7) is 1.76. The molecule has 0 saturated heterocycles. The summed E-state index contributed by atoms with van der Waals surface area (Å²) < 4.78 is 0. The Bertz CT molecular complexity index is 1260. The lowest BCUT2D eigenvalue weighted by Crippen LogP contribution is -2.44. The number of hydrogen-bond acceptors (Lipinski definition) is 2. The molecule has 4 heteroatoms. The monoisotopic (exact) mass is 366 g/mol. The van der Waals surface area contributed by atoms with Gasteiger partial charge in [0.25, 0.3) is 5.91 Å². The summed E-state index contributed by atoms with van der Waals surface area (Å²) in [6.07, 6.45) is 0. The van der Waals surface area contributed by atoms with E-state index >= 15 is 0 Å². The van der Waals surface area contributed by atoms with E-state index < -0.39 is 6.04 Å². The molecule has 1 N–H and O–H groups in total. The third kappa shape index (κ3) is 2.46. The molecule has 1 aliphatic heterocycles. The van der Waals surface area contributed by atoms with E-state index in [0.717, 1.165) is 32.9 Å². The highest BCUT2D eigenvalue weighted by Gasteiger charge is 2.35. The molecule has 0 fully saturated rings. The van der Waals surface area contributed by atoms with Gasteiger partial charge in [0, 0.05) is 16.6 Å². The van der Waals surface area contributed by atoms with Crippen molar-refractivity contribution in [2.75, 3.05) is 10.2 Å². The van der Waals surface area contributed by atoms with Crippen LogP contribution in [0, 0.1) is 0 Å². The molecule has 0 radical (unpaired) electrons. The Morgan fingerprint density at radius 3 is 2.39 bits per heavy atom. The highest BCUT2D eigenvalue weighted by Crippen LogP contribution is 2.38. The Labute approximate surface area is 162 Å². The van der Waals surface area contributed by atoms with E-state index in [2.05, 4.69) is 5.32 Å². The lowest BCUT2D eigenvalue weighted by molar-refractivity contribution is -0.117. The van der Waals surface area contributed by atoms with Crippen molar-refractivity contribution >= 4 is 44.7 Å². The fourth-order valence-electron chi connectivity index (χ4n) is 3.95. The summed E-state index contributed by atoms with van der Waals surface area (Å²) in [7, 11) is 0. The van der Waals surface area contributed by atoms with Gasteiger partial charge < -0.3 is 5.32 Å². The van der Waals surface area contributed by atoms with Crippen LogP contribution in [-0.2, 0) is 4.79 Å². The van der Waals surface area contributed by atoms with Crippen molar-refractivity contribution in [3.8, 4) is 0 Å². The molecule has 1 atom stereocenters. The van der Waals surface area contributed by atoms with Crippen LogP contribution in [0.2, 0.25) is 0 Å². The Balaban J connectivity index is 1.46. The van der Waals surface area contributed by atoms with Gasteiger partial charge in [-0.25, -0.2) is 0 Å². The van der Waals surface area contributed by atoms with Crippen LogP contribution in [0.1, 0.15) is 17.3 Å². The van der Waals surface area contributed by atoms with Crippen LogP contribution in [0.5, 0.6) is 0 Å². The summed E-state index contributed by atoms with van der Waals surface area (Å²) >= 11 is 0. The van der Waals surface area contributed by atoms with Crippen molar-refractivity contribution in [3.63, 3.8) is 0 Å². The number of nitrogens with one attached hydrogen (secondary N) is 1. The third-order valence-electron chi connectivity index (χ3n) is 5.38. The lowest BCUT2D eigenvalue weighted by Gasteiger charge is -2.24. The van der Waals surface area contributed by atoms with Crippen molar-refractivity contribution in [2.45, 2.75) is 13.0 Å². The van der Waals surface area contributed by atoms with E-state index in [4.69, 9.17) is 0 Å². The van der Waals surface area contributed by atoms with Gasteiger partial charge in [0.05, 0.1) is 5.69 Å². The molecule has 1 aliphatic rings. The molecule has 0 aromatic heterocycles. The fraction of sp³-hybridized carbons (Fsp3) is 0.0833. The minimum atomic E-state index is -0.628. The van der Waals surface area contributed by atoms with Gasteiger partial charge in [0.2, 0.25) is 5.91 Å². The first-order valence-electron chi connectivity index (χ1n) is 9.28. The minimum Gasteiger partial charge on any atom is -0.324 e. The first-order valence-corrected chi connectivity index (χ1v) is 9.28. The highest BCUT2D eigenvalue weighted by molar-refractivity contribution is 6.27. The molecule has 4 nitrogen and oxygen atoms in total. The smallest absolute Gasteiger partial charge is 0.259 e. The topological polar surface area (TPSA) is 49.4 Å². The molecule has 4 aromatic carbocycles. The van der Waals surface area contributed by atoms with Gasteiger partial charge in [0.1, 0.15) is 6.04 Å². The van der Waals surface area contributed by atoms with E-state index in [1.165, 1.54) is 0 Å². The van der Waals surface area contributed by atoms with Crippen LogP contribution in [0.25, 0.3) is 21.5 Å². The number of fused-ring (bicyclic) bond motifs is 1. The number of hydrogen-bond donors (Lipinski definition) is 1. The van der Waals surface area contributed by atoms with Gasteiger partial charge in [-0.15, -0.1) is 0 Å². The molecule has 0 spiro atoms. The number of carbonyl (C=O) groups excluding carboxylic acids is 2. The van der Waals surface area contributed by atoms with Crippen LogP contribution in [0.15, 0.2) is 78.9 Å². The third-order valence-corrected chi connectivity index (χ3v) is 5.38. The maximum atomic E-state index is 13.0. The normalized spacial score (nSPS) is 13.9. The van der Waals surface area contributed by atoms with Crippen molar-refractivity contribution < 1.29 is 9.59 Å². The van der Waals surface area contributed by atoms with E-state index in [1.54, 1.807) is 11.8 Å². The van der Waals surface area contributed by atoms with Crippen molar-refractivity contribution in [1.29, 1.82) is 0 Å². The summed E-state index contributed by atoms with van der Waals surface area (Å²) in [5.74, 6) is -0.346. The number of benzene rings is 4. The van der Waals surface area contributed by atoms with Gasteiger partial charge in [-0.2, -0.15) is 0 Å². The predicted molar refractivity (Wildman–Crippen MR) is 113 cm³/mol. The summed E-state index contributed by atoms with van der Waals surface area (Å²) in [5.41, 5.74) is 2.16. The van der Waals surface area contributed by atoms with Crippen molar-refractivity contribution in [2.24, 2.45) is 0 Å². The molecule has 4 aromatic rings. The average molecular weight is 366 g/mol. The van der Waals surface area contributed by atoms with Gasteiger partial charge in [-0.1, -0.05) is 54.6 Å². The maximum Gasteiger partial charge on any atom is 0.259 e. The van der Waals surface area contributed by atoms with Crippen molar-refractivity contribution in [3.05, 3.63) is 84.4 Å². The maximum absolute atomic E-state index is 13.0. The number of carbonyl (C=O) groups is 2. The summed E-state index contributed by atoms with van der Waals surface area (Å²) in [6, 6.07) is 24.7. The van der Waals surface area contributed by atoms with Crippen LogP contribution in [0.4, 0.5) is 11.4 Å². The zero-order valence-corrected chi connectivity index (χ0v) is 15.3. The second kappa shape index (κ2) is 6.20. The Morgan fingerprint density at radius 2 is 1.57 bits per heavy atom. The van der Waals surface area contributed by atoms with Gasteiger partial charge in [-0.05, 0) is 47.3 Å². The van der Waals surface area contributed by atoms with E-state index in [-0.39, 0.29) is 11.8 Å². The van der Waals surface area contributed by atoms with Crippen LogP contribution in [-0.4, -0.2) is 17.9 Å². The summed E-state index contributed by atoms with van der Waals surface area (Å²) in [4.78, 5) is 27.5. The molecule has 0 saturated carbocycles. The standard InChI is InChI=1S/C24H18N2O2/c1-15(23(27)25-19-13-12-16-6-2-3-7-18(16)14-19)26-21-11-5-9-17-8-4-10-20(22(17)21)24(26)28/h2-15H,1H3,(H,25,27)/t15-/m0/s1. The zero-order chi connectivity index (χ0) is 19.3. The van der Waals surface area contributed by atoms with Crippen molar-refractivity contribution in [1.82, 2.24) is 0 Å². The highest BCUT2D eigenvalue weighted by atomic mass is 16.2. The molecule has 1 heterocycles. The molecule has 0 bridgehead atoms. The van der Waals surface area contributed by atoms with Crippen LogP contribution >= 0.6 is 0 Å². The molecule has 5 rings (SSSR count). The molecule has 136 valence electrons. The largest absolute Gasteiger partial charge is 0.324 e. The minimum absolute atomic E-state index is 0.132. The Morgan fingerprint density at radius 1 is 0.857 bits per heavy atom. The number of anilines is 2. The number of amides is 2. The van der Waals surface area contributed by atoms with Gasteiger partial charge in [-0.3, -0.25) is 14.5 Å². The number of nitrogens with zero attached hydrogens (tertiary/aromatic N) is 1.